The fourth-order valence-electron chi connectivity index (χ4n) is 7.29. The summed E-state index contributed by atoms with van der Waals surface area (Å²) >= 11 is 0. The van der Waals surface area contributed by atoms with Crippen LogP contribution in [0.1, 0.15) is 81.3 Å². The number of aliphatic hydroxyl groups is 1. The Kier molecular flexibility index (Phi) is 12.8. The molecule has 0 aromatic heterocycles. The van der Waals surface area contributed by atoms with Crippen molar-refractivity contribution in [1.29, 1.82) is 0 Å². The van der Waals surface area contributed by atoms with Gasteiger partial charge in [-0.15, -0.1) is 0 Å². The van der Waals surface area contributed by atoms with Crippen LogP contribution < -0.4 is 10.2 Å². The molecule has 4 N–H and O–H groups in total. The highest BCUT2D eigenvalue weighted by Gasteiger charge is 2.41. The van der Waals surface area contributed by atoms with Crippen molar-refractivity contribution in [3.8, 4) is 0 Å². The first-order valence-corrected chi connectivity index (χ1v) is 17.6. The van der Waals surface area contributed by atoms with Crippen LogP contribution in [0.25, 0.3) is 0 Å². The fraction of sp³-hybridized carbons (Fsp3) is 0.487. The predicted octanol–water partition coefficient (Wildman–Crippen LogP) is 6.28. The molecule has 1 saturated heterocycles. The number of nitrogens with zero attached hydrogens (tertiary/aromatic N) is 2. The lowest BCUT2D eigenvalue weighted by Crippen LogP contribution is -2.35. The number of anilines is 1. The van der Waals surface area contributed by atoms with Crippen molar-refractivity contribution in [2.24, 2.45) is 22.7 Å². The minimum Gasteiger partial charge on any atom is -0.481 e. The minimum absolute atomic E-state index is 0.0591. The number of amidine groups is 1. The number of nitrogens with one attached hydrogen (secondary N) is 1. The molecule has 2 aromatic rings. The topological polar surface area (TPSA) is 140 Å². The lowest BCUT2D eigenvalue weighted by molar-refractivity contribution is -0.148. The molecule has 0 bridgehead atoms. The number of allylic oxidation sites excluding steroid dienone is 2. The molecular formula is C39H48FN3O6. The molecule has 2 aromatic carbocycles. The third-order valence-electron chi connectivity index (χ3n) is 10.2. The third-order valence-corrected chi connectivity index (χ3v) is 10.2. The molecule has 0 spiro atoms. The number of carboxylic acids is 2. The van der Waals surface area contributed by atoms with Crippen LogP contribution in [0.5, 0.6) is 0 Å². The first kappa shape index (κ1) is 36.0. The van der Waals surface area contributed by atoms with Crippen molar-refractivity contribution in [2.75, 3.05) is 24.6 Å². The summed E-state index contributed by atoms with van der Waals surface area (Å²) in [5.74, 6) is -2.48. The number of aliphatic imine (C=N–C) groups is 1. The van der Waals surface area contributed by atoms with Crippen molar-refractivity contribution in [2.45, 2.75) is 82.6 Å². The Morgan fingerprint density at radius 3 is 2.43 bits per heavy atom. The lowest BCUT2D eigenvalue weighted by Gasteiger charge is -2.28. The molecule has 49 heavy (non-hydrogen) atoms. The van der Waals surface area contributed by atoms with E-state index in [0.29, 0.717) is 32.1 Å². The van der Waals surface area contributed by atoms with Gasteiger partial charge < -0.3 is 25.5 Å². The van der Waals surface area contributed by atoms with Crippen LogP contribution >= 0.6 is 0 Å². The van der Waals surface area contributed by atoms with Gasteiger partial charge in [-0.3, -0.25) is 19.4 Å². The summed E-state index contributed by atoms with van der Waals surface area (Å²) in [7, 11) is 0. The predicted molar refractivity (Wildman–Crippen MR) is 187 cm³/mol. The Morgan fingerprint density at radius 1 is 1.02 bits per heavy atom. The highest BCUT2D eigenvalue weighted by atomic mass is 19.1. The number of hydrogen-bond acceptors (Lipinski definition) is 6. The van der Waals surface area contributed by atoms with Gasteiger partial charge in [-0.05, 0) is 98.2 Å². The number of aliphatic carboxylic acids is 2. The van der Waals surface area contributed by atoms with Crippen LogP contribution in [-0.2, 0) is 20.8 Å². The van der Waals surface area contributed by atoms with E-state index in [1.54, 1.807) is 12.1 Å². The summed E-state index contributed by atoms with van der Waals surface area (Å²) in [5, 5.41) is 31.9. The van der Waals surface area contributed by atoms with E-state index >= 15 is 0 Å². The zero-order valence-electron chi connectivity index (χ0n) is 28.0. The smallest absolute Gasteiger partial charge is 0.307 e. The zero-order chi connectivity index (χ0) is 34.8. The Bertz CT molecular complexity index is 1540. The SMILES string of the molecule is O=C(O)CC(CCCC1C=CC([C@@H]2C[C@@H](CCC(CO)c3ccc(F)cc3)C(=O)N2c2ccc(CCC3=NCCCN3)cc2)=CC1)C(=O)O. The Labute approximate surface area is 287 Å². The maximum atomic E-state index is 14.1. The van der Waals surface area contributed by atoms with E-state index in [4.69, 9.17) is 5.11 Å². The first-order chi connectivity index (χ1) is 23.7. The van der Waals surface area contributed by atoms with Crippen LogP contribution in [0.4, 0.5) is 10.1 Å². The van der Waals surface area contributed by atoms with E-state index in [2.05, 4.69) is 40.7 Å². The number of benzene rings is 2. The van der Waals surface area contributed by atoms with Gasteiger partial charge in [-0.25, -0.2) is 4.39 Å². The third kappa shape index (κ3) is 9.88. The standard InChI is InChI=1S/C39H48FN3O6/c40-33-16-14-28(15-17-33)32(25-44)13-12-30-23-35(29-10-5-26(6-11-29)3-1-4-31(39(48)49)24-37(45)46)43(38(30)47)34-18-7-27(8-19-34)9-20-36-41-21-2-22-42-36/h5,7-8,10-11,14-19,26,30-32,35,44H,1-4,6,9,12-13,20-25H2,(H,41,42)(H,45,46)(H,48,49)/t26?,30-,31?,32?,35+/m1/s1. The van der Waals surface area contributed by atoms with E-state index in [1.807, 2.05) is 17.0 Å². The van der Waals surface area contributed by atoms with Crippen LogP contribution in [0.3, 0.4) is 0 Å². The number of rotatable bonds is 17. The van der Waals surface area contributed by atoms with Gasteiger partial charge in [0.2, 0.25) is 5.91 Å². The molecule has 0 saturated carbocycles. The number of hydrogen-bond donors (Lipinski definition) is 4. The normalized spacial score (nSPS) is 21.9. The minimum atomic E-state index is -1.10. The first-order valence-electron chi connectivity index (χ1n) is 17.6. The van der Waals surface area contributed by atoms with Gasteiger partial charge >= 0.3 is 11.9 Å². The van der Waals surface area contributed by atoms with Gasteiger partial charge in [0.05, 0.1) is 24.2 Å². The van der Waals surface area contributed by atoms with Gasteiger partial charge in [0.15, 0.2) is 0 Å². The van der Waals surface area contributed by atoms with Crippen molar-refractivity contribution < 1.29 is 34.1 Å². The molecule has 1 aliphatic carbocycles. The number of carbonyl (C=O) groups excluding carboxylic acids is 1. The van der Waals surface area contributed by atoms with Crippen LogP contribution in [0.15, 0.2) is 77.3 Å². The average Bonchev–Trinajstić information content (AvgIpc) is 3.44. The van der Waals surface area contributed by atoms with Crippen molar-refractivity contribution in [3.05, 3.63) is 89.3 Å². The zero-order valence-corrected chi connectivity index (χ0v) is 28.0. The molecule has 1 amide bonds. The molecule has 5 atom stereocenters. The molecule has 262 valence electrons. The second kappa shape index (κ2) is 17.4. The van der Waals surface area contributed by atoms with Crippen molar-refractivity contribution >= 4 is 29.4 Å². The summed E-state index contributed by atoms with van der Waals surface area (Å²) in [6.45, 7) is 1.75. The molecular weight excluding hydrogens is 625 g/mol. The van der Waals surface area contributed by atoms with Crippen LogP contribution in [0.2, 0.25) is 0 Å². The van der Waals surface area contributed by atoms with E-state index in [0.717, 1.165) is 67.9 Å². The molecule has 0 radical (unpaired) electrons. The maximum absolute atomic E-state index is 14.1. The number of halogens is 1. The summed E-state index contributed by atoms with van der Waals surface area (Å²) in [6.07, 6.45) is 13.1. The number of carbonyl (C=O) groups is 3. The number of carboxylic acid groups (broad SMARTS) is 2. The molecule has 10 heteroatoms. The van der Waals surface area contributed by atoms with Crippen molar-refractivity contribution in [1.82, 2.24) is 5.32 Å². The highest BCUT2D eigenvalue weighted by Crippen LogP contribution is 2.39. The summed E-state index contributed by atoms with van der Waals surface area (Å²) in [6, 6.07) is 14.3. The molecule has 5 rings (SSSR count). The van der Waals surface area contributed by atoms with E-state index in [1.165, 1.54) is 17.7 Å². The molecule has 2 heterocycles. The molecule has 2 aliphatic heterocycles. The summed E-state index contributed by atoms with van der Waals surface area (Å²) < 4.78 is 13.5. The maximum Gasteiger partial charge on any atom is 0.307 e. The molecule has 3 aliphatic rings. The Balaban J connectivity index is 1.26. The van der Waals surface area contributed by atoms with Crippen LogP contribution in [0, 0.1) is 23.6 Å². The fourth-order valence-corrected chi connectivity index (χ4v) is 7.29. The number of amides is 1. The Morgan fingerprint density at radius 2 is 1.80 bits per heavy atom. The van der Waals surface area contributed by atoms with Gasteiger partial charge in [-0.1, -0.05) is 48.9 Å². The van der Waals surface area contributed by atoms with Crippen LogP contribution in [-0.4, -0.2) is 64.7 Å². The Hall–Kier alpha value is -4.31. The average molecular weight is 674 g/mol. The second-order valence-electron chi connectivity index (χ2n) is 13.6. The monoisotopic (exact) mass is 673 g/mol. The summed E-state index contributed by atoms with van der Waals surface area (Å²) in [4.78, 5) is 43.1. The lowest BCUT2D eigenvalue weighted by atomic mass is 9.86. The van der Waals surface area contributed by atoms with Gasteiger partial charge in [0.1, 0.15) is 5.82 Å². The quantitative estimate of drug-likeness (QED) is 0.155. The molecule has 9 nitrogen and oxygen atoms in total. The van der Waals surface area contributed by atoms with Gasteiger partial charge in [0, 0.05) is 43.6 Å². The van der Waals surface area contributed by atoms with Crippen molar-refractivity contribution in [3.63, 3.8) is 0 Å². The van der Waals surface area contributed by atoms with Gasteiger partial charge in [0.25, 0.3) is 0 Å². The number of aryl methyl sites for hydroxylation is 1. The second-order valence-corrected chi connectivity index (χ2v) is 13.6. The number of aliphatic hydroxyl groups excluding tert-OH is 1. The molecule has 1 fully saturated rings. The summed E-state index contributed by atoms with van der Waals surface area (Å²) in [5.41, 5.74) is 3.95. The molecule has 3 unspecified atom stereocenters. The van der Waals surface area contributed by atoms with E-state index < -0.39 is 17.9 Å². The highest BCUT2D eigenvalue weighted by molar-refractivity contribution is 5.99. The largest absolute Gasteiger partial charge is 0.481 e. The van der Waals surface area contributed by atoms with Gasteiger partial charge in [-0.2, -0.15) is 0 Å². The van der Waals surface area contributed by atoms with E-state index in [-0.39, 0.29) is 48.5 Å². The van der Waals surface area contributed by atoms with E-state index in [9.17, 15) is 29.0 Å².